The molecule has 0 saturated carbocycles. The van der Waals surface area contributed by atoms with E-state index in [0.29, 0.717) is 12.2 Å². The first-order valence-electron chi connectivity index (χ1n) is 5.31. The van der Waals surface area contributed by atoms with Gasteiger partial charge in [0.15, 0.2) is 0 Å². The van der Waals surface area contributed by atoms with E-state index in [4.69, 9.17) is 16.7 Å². The fourth-order valence-corrected chi connectivity index (χ4v) is 4.57. The zero-order valence-electron chi connectivity index (χ0n) is 10.00. The van der Waals surface area contributed by atoms with Crippen molar-refractivity contribution in [2.45, 2.75) is 16.7 Å². The largest absolute Gasteiger partial charge is 0.369 e. The summed E-state index contributed by atoms with van der Waals surface area (Å²) in [6.07, 6.45) is 0. The number of rotatable bonds is 2. The van der Waals surface area contributed by atoms with Crippen LogP contribution in [0.4, 0.5) is 5.69 Å². The SMILES string of the molecule is CCN1CNc2cc(Cl)c(S(N)(=O)=O)cc2S1(O)O. The number of nitrogens with two attached hydrogens (primary N) is 1. The number of sulfonamides is 1. The van der Waals surface area contributed by atoms with E-state index in [-0.39, 0.29) is 21.5 Å². The predicted molar refractivity (Wildman–Crippen MR) is 74.8 cm³/mol. The van der Waals surface area contributed by atoms with Gasteiger partial charge in [0, 0.05) is 6.54 Å². The van der Waals surface area contributed by atoms with Crippen LogP contribution in [0, 0.1) is 0 Å². The maximum Gasteiger partial charge on any atom is 0.239 e. The molecule has 19 heavy (non-hydrogen) atoms. The summed E-state index contributed by atoms with van der Waals surface area (Å²) in [7, 11) is -7.27. The standard InChI is InChI=1S/C9H14ClN3O4S2/c1-2-13-5-12-7-3-6(10)8(18(11,14)15)4-9(7)19(13,16)17/h3-4,12,16-17H,2,5H2,1H3,(H2,11,14,15). The molecule has 0 spiro atoms. The topological polar surface area (TPSA) is 116 Å². The number of halogens is 1. The molecule has 1 heterocycles. The zero-order chi connectivity index (χ0) is 14.4. The van der Waals surface area contributed by atoms with E-state index in [1.54, 1.807) is 6.92 Å². The van der Waals surface area contributed by atoms with E-state index in [1.165, 1.54) is 10.4 Å². The summed E-state index contributed by atoms with van der Waals surface area (Å²) in [5, 5.41) is 7.93. The van der Waals surface area contributed by atoms with Crippen LogP contribution >= 0.6 is 22.4 Å². The van der Waals surface area contributed by atoms with E-state index < -0.39 is 20.8 Å². The highest BCUT2D eigenvalue weighted by molar-refractivity contribution is 8.22. The highest BCUT2D eigenvalue weighted by Crippen LogP contribution is 2.57. The number of nitrogens with zero attached hydrogens (tertiary/aromatic N) is 1. The van der Waals surface area contributed by atoms with E-state index in [9.17, 15) is 17.5 Å². The van der Waals surface area contributed by atoms with Gasteiger partial charge >= 0.3 is 0 Å². The Morgan fingerprint density at radius 3 is 2.68 bits per heavy atom. The smallest absolute Gasteiger partial charge is 0.239 e. The van der Waals surface area contributed by atoms with Gasteiger partial charge in [-0.05, 0) is 12.1 Å². The fourth-order valence-electron chi connectivity index (χ4n) is 1.81. The Labute approximate surface area is 117 Å². The molecule has 0 saturated heterocycles. The first-order chi connectivity index (χ1) is 8.67. The maximum atomic E-state index is 11.4. The molecule has 0 radical (unpaired) electrons. The molecule has 7 nitrogen and oxygen atoms in total. The van der Waals surface area contributed by atoms with E-state index in [1.807, 2.05) is 0 Å². The summed E-state index contributed by atoms with van der Waals surface area (Å²) < 4.78 is 44.6. The van der Waals surface area contributed by atoms with Gasteiger partial charge in [-0.15, -0.1) is 10.8 Å². The summed E-state index contributed by atoms with van der Waals surface area (Å²) in [5.41, 5.74) is 0.391. The first kappa shape index (κ1) is 14.9. The van der Waals surface area contributed by atoms with Crippen molar-refractivity contribution in [2.75, 3.05) is 18.5 Å². The molecule has 0 aliphatic carbocycles. The minimum absolute atomic E-state index is 0.0612. The fraction of sp³-hybridized carbons (Fsp3) is 0.333. The number of benzene rings is 1. The normalized spacial score (nSPS) is 20.5. The Balaban J connectivity index is 2.66. The van der Waals surface area contributed by atoms with Crippen molar-refractivity contribution in [3.05, 3.63) is 17.2 Å². The molecule has 1 aromatic rings. The molecular weight excluding hydrogens is 314 g/mol. The summed E-state index contributed by atoms with van der Waals surface area (Å²) in [4.78, 5) is -0.248. The number of anilines is 1. The van der Waals surface area contributed by atoms with E-state index >= 15 is 0 Å². The molecule has 0 bridgehead atoms. The number of hydrogen-bond acceptors (Lipinski definition) is 6. The highest BCUT2D eigenvalue weighted by atomic mass is 35.5. The monoisotopic (exact) mass is 327 g/mol. The predicted octanol–water partition coefficient (Wildman–Crippen LogP) is 1.72. The minimum atomic E-state index is -4.03. The molecule has 0 unspecified atom stereocenters. The minimum Gasteiger partial charge on any atom is -0.369 e. The second-order valence-electron chi connectivity index (χ2n) is 3.98. The van der Waals surface area contributed by atoms with Gasteiger partial charge in [0.25, 0.3) is 0 Å². The third-order valence-electron chi connectivity index (χ3n) is 2.79. The average molecular weight is 328 g/mol. The molecule has 10 heteroatoms. The molecule has 1 aliphatic heterocycles. The number of hydrogen-bond donors (Lipinski definition) is 4. The molecule has 1 aromatic carbocycles. The van der Waals surface area contributed by atoms with E-state index in [0.717, 1.165) is 6.07 Å². The maximum absolute atomic E-state index is 11.4. The van der Waals surface area contributed by atoms with Crippen LogP contribution in [0.25, 0.3) is 0 Å². The van der Waals surface area contributed by atoms with Crippen LogP contribution in [0.2, 0.25) is 5.02 Å². The van der Waals surface area contributed by atoms with Gasteiger partial charge in [-0.1, -0.05) is 18.5 Å². The Morgan fingerprint density at radius 2 is 2.16 bits per heavy atom. The Morgan fingerprint density at radius 1 is 1.53 bits per heavy atom. The van der Waals surface area contributed by atoms with Crippen LogP contribution in [-0.2, 0) is 10.0 Å². The van der Waals surface area contributed by atoms with Crippen LogP contribution < -0.4 is 10.5 Å². The zero-order valence-corrected chi connectivity index (χ0v) is 12.4. The van der Waals surface area contributed by atoms with Crippen LogP contribution in [-0.4, -0.2) is 35.0 Å². The number of nitrogens with one attached hydrogen (secondary N) is 1. The second-order valence-corrected chi connectivity index (χ2v) is 7.91. The Kier molecular flexibility index (Phi) is 3.73. The van der Waals surface area contributed by atoms with Gasteiger partial charge in [0.2, 0.25) is 10.0 Å². The quantitative estimate of drug-likeness (QED) is 0.657. The average Bonchev–Trinajstić information content (AvgIpc) is 2.26. The third kappa shape index (κ3) is 2.55. The lowest BCUT2D eigenvalue weighted by atomic mass is 10.3. The summed E-state index contributed by atoms with van der Waals surface area (Å²) >= 11 is 5.84. The Bertz CT molecular complexity index is 620. The van der Waals surface area contributed by atoms with Crippen molar-refractivity contribution in [1.82, 2.24) is 4.31 Å². The van der Waals surface area contributed by atoms with Crippen LogP contribution in [0.1, 0.15) is 6.92 Å². The molecule has 0 aromatic heterocycles. The molecule has 2 rings (SSSR count). The van der Waals surface area contributed by atoms with Crippen molar-refractivity contribution in [3.8, 4) is 0 Å². The number of primary sulfonamides is 1. The second kappa shape index (κ2) is 4.77. The number of fused-ring (bicyclic) bond motifs is 1. The summed E-state index contributed by atoms with van der Waals surface area (Å²) in [6.45, 7) is 2.39. The first-order valence-corrected chi connectivity index (χ1v) is 8.74. The molecular formula is C9H14ClN3O4S2. The molecule has 0 atom stereocenters. The van der Waals surface area contributed by atoms with Gasteiger partial charge in [-0.3, -0.25) is 9.11 Å². The van der Waals surface area contributed by atoms with Gasteiger partial charge in [-0.25, -0.2) is 13.6 Å². The molecule has 0 amide bonds. The summed E-state index contributed by atoms with van der Waals surface area (Å²) in [6, 6.07) is 2.44. The Hall–Kier alpha value is -0.550. The van der Waals surface area contributed by atoms with Crippen molar-refractivity contribution < 1.29 is 17.5 Å². The lowest BCUT2D eigenvalue weighted by molar-refractivity contribution is 0.363. The van der Waals surface area contributed by atoms with E-state index in [2.05, 4.69) is 5.32 Å². The molecule has 108 valence electrons. The molecule has 0 fully saturated rings. The van der Waals surface area contributed by atoms with Gasteiger partial charge in [0.05, 0.1) is 22.3 Å². The molecule has 5 N–H and O–H groups in total. The third-order valence-corrected chi connectivity index (χ3v) is 6.21. The lowest BCUT2D eigenvalue weighted by Gasteiger charge is -2.46. The van der Waals surface area contributed by atoms with Gasteiger partial charge in [-0.2, -0.15) is 4.31 Å². The lowest BCUT2D eigenvalue weighted by Crippen LogP contribution is -2.36. The van der Waals surface area contributed by atoms with Crippen LogP contribution in [0.3, 0.4) is 0 Å². The van der Waals surface area contributed by atoms with Crippen molar-refractivity contribution in [1.29, 1.82) is 0 Å². The highest BCUT2D eigenvalue weighted by Gasteiger charge is 2.33. The van der Waals surface area contributed by atoms with Gasteiger partial charge in [0.1, 0.15) is 4.90 Å². The van der Waals surface area contributed by atoms with Crippen LogP contribution in [0.15, 0.2) is 21.9 Å². The summed E-state index contributed by atoms with van der Waals surface area (Å²) in [5.74, 6) is 0. The van der Waals surface area contributed by atoms with Crippen molar-refractivity contribution in [3.63, 3.8) is 0 Å². The van der Waals surface area contributed by atoms with Crippen molar-refractivity contribution in [2.24, 2.45) is 5.14 Å². The van der Waals surface area contributed by atoms with Crippen molar-refractivity contribution >= 4 is 38.1 Å². The molecule has 1 aliphatic rings. The van der Waals surface area contributed by atoms with Gasteiger partial charge < -0.3 is 5.32 Å². The van der Waals surface area contributed by atoms with Crippen LogP contribution in [0.5, 0.6) is 0 Å².